The molecule has 3 aromatic heterocycles. The van der Waals surface area contributed by atoms with Crippen molar-refractivity contribution in [3.05, 3.63) is 124 Å². The van der Waals surface area contributed by atoms with Crippen molar-refractivity contribution in [1.29, 1.82) is 0 Å². The van der Waals surface area contributed by atoms with E-state index in [9.17, 15) is 22.8 Å². The number of aryl methyl sites for hydroxylation is 1. The number of carbonyl (C=O) groups is 3. The molecule has 66 heavy (non-hydrogen) atoms. The fourth-order valence-electron chi connectivity index (χ4n) is 7.07. The van der Waals surface area contributed by atoms with Gasteiger partial charge in [-0.2, -0.15) is 0 Å². The minimum atomic E-state index is -4.05. The molecule has 1 aliphatic carbocycles. The number of thiophene rings is 1. The van der Waals surface area contributed by atoms with Gasteiger partial charge in [0.2, 0.25) is 11.4 Å². The van der Waals surface area contributed by atoms with Crippen LogP contribution in [0.3, 0.4) is 0 Å². The maximum absolute atomic E-state index is 13.3. The van der Waals surface area contributed by atoms with E-state index in [0.717, 1.165) is 36.7 Å². The molecule has 352 valence electrons. The number of urea groups is 1. The Morgan fingerprint density at radius 1 is 0.985 bits per heavy atom. The molecule has 4 heterocycles. The van der Waals surface area contributed by atoms with Gasteiger partial charge in [-0.15, -0.1) is 11.3 Å². The number of hydrogen-bond donors (Lipinski definition) is 3. The van der Waals surface area contributed by atoms with Crippen LogP contribution in [-0.2, 0) is 26.1 Å². The number of hydrogen-bond acceptors (Lipinski definition) is 15. The predicted octanol–water partition coefficient (Wildman–Crippen LogP) is 8.05. The molecule has 1 spiro atoms. The molecule has 0 fully saturated rings. The van der Waals surface area contributed by atoms with Gasteiger partial charge < -0.3 is 39.4 Å². The van der Waals surface area contributed by atoms with Gasteiger partial charge >= 0.3 is 6.03 Å². The number of methoxy groups -OCH3 is 3. The molecule has 19 heteroatoms. The number of allylic oxidation sites excluding steroid dienone is 1. The summed E-state index contributed by atoms with van der Waals surface area (Å²) in [7, 11) is 4.45. The number of carbonyl (C=O) groups excluding carboxylic acids is 3. The van der Waals surface area contributed by atoms with Crippen LogP contribution < -0.4 is 34.5 Å². The predicted molar refractivity (Wildman–Crippen MR) is 257 cm³/mol. The third-order valence-corrected chi connectivity index (χ3v) is 12.8. The first-order valence-electron chi connectivity index (χ1n) is 20.8. The van der Waals surface area contributed by atoms with Gasteiger partial charge in [0.1, 0.15) is 32.8 Å². The first kappa shape index (κ1) is 50.8. The van der Waals surface area contributed by atoms with Crippen molar-refractivity contribution < 1.29 is 41.7 Å². The van der Waals surface area contributed by atoms with Gasteiger partial charge in [0.25, 0.3) is 10.0 Å². The summed E-state index contributed by atoms with van der Waals surface area (Å²) in [6, 6.07) is 20.0. The van der Waals surface area contributed by atoms with Gasteiger partial charge in [-0.05, 0) is 82.2 Å². The van der Waals surface area contributed by atoms with Crippen molar-refractivity contribution >= 4 is 67.8 Å². The Bertz CT molecular complexity index is 2610. The summed E-state index contributed by atoms with van der Waals surface area (Å²) in [4.78, 5) is 50.9. The Hall–Kier alpha value is -6.21. The standard InChI is InChI=1S/C17H17ClO6.C16H20N4O3S.C14H19N3S/c1-8-5-9(19)6-12(23-4)17(8)16(20)13-10(21-2)7-11(22-3)14(18)15(13)24-17;1-11(2)18-16(21)20-24(22,23)15-10-17-8-7-14(15)19-13-6-4-5-12(3)9-13;1-16(2)9-10-17(12-13-6-5-11-18-13)14-7-3-4-8-15-14/h6-8H,5H2,1-4H3;4-11H,1-3H3,(H,17,19)(H2,18,20,21);3-8,11H,9-10,12H2,1-2H3/t8-,17+;;/m1../s1. The number of aromatic nitrogens is 2. The number of amides is 2. The number of nitrogens with zero attached hydrogens (tertiary/aromatic N) is 4. The Morgan fingerprint density at radius 3 is 2.36 bits per heavy atom. The van der Waals surface area contributed by atoms with Crippen molar-refractivity contribution in [1.82, 2.24) is 24.9 Å². The minimum absolute atomic E-state index is 0.106. The number of likely N-dealkylation sites (N-methyl/N-ethyl adjacent to an activating group) is 1. The summed E-state index contributed by atoms with van der Waals surface area (Å²) in [5.41, 5.74) is 0.916. The van der Waals surface area contributed by atoms with E-state index >= 15 is 0 Å². The number of anilines is 3. The fourth-order valence-corrected chi connectivity index (χ4v) is 9.08. The molecule has 0 bridgehead atoms. The zero-order chi connectivity index (χ0) is 48.2. The van der Waals surface area contributed by atoms with E-state index in [1.165, 1.54) is 56.8 Å². The van der Waals surface area contributed by atoms with Crippen LogP contribution in [0.25, 0.3) is 0 Å². The second-order valence-corrected chi connectivity index (χ2v) is 18.9. The number of Topliss-reactive ketones (excluding diaryl/α,β-unsaturated/α-hetero) is 1. The number of fused-ring (bicyclic) bond motifs is 1. The molecule has 2 aromatic carbocycles. The van der Waals surface area contributed by atoms with E-state index in [0.29, 0.717) is 17.2 Å². The molecular weight excluding hydrogens is 906 g/mol. The Labute approximate surface area is 395 Å². The van der Waals surface area contributed by atoms with Gasteiger partial charge in [-0.1, -0.05) is 42.8 Å². The highest BCUT2D eigenvalue weighted by Crippen LogP contribution is 2.54. The SMILES string of the molecule is CN(C)CCN(Cc1cccs1)c1ccccn1.COC1=CC(=O)C[C@@H](C)[C@]12Oc1c(Cl)c(OC)cc(OC)c1C2=O.Cc1cccc(Nc2ccncc2S(=O)(=O)NC(=O)NC(C)C)c1. The number of rotatable bonds is 14. The number of pyridine rings is 2. The minimum Gasteiger partial charge on any atom is -0.496 e. The van der Waals surface area contributed by atoms with E-state index in [-0.39, 0.29) is 51.0 Å². The zero-order valence-electron chi connectivity index (χ0n) is 38.4. The number of halogens is 1. The molecule has 7 rings (SSSR count). The summed E-state index contributed by atoms with van der Waals surface area (Å²) < 4.78 is 48.8. The lowest BCUT2D eigenvalue weighted by Crippen LogP contribution is -2.51. The number of benzene rings is 2. The van der Waals surface area contributed by atoms with E-state index in [1.54, 1.807) is 32.1 Å². The summed E-state index contributed by atoms with van der Waals surface area (Å²) >= 11 is 8.13. The smallest absolute Gasteiger partial charge is 0.328 e. The normalized spacial score (nSPS) is 16.2. The van der Waals surface area contributed by atoms with Crippen molar-refractivity contribution in [2.75, 3.05) is 58.7 Å². The molecule has 1 aliphatic heterocycles. The summed E-state index contributed by atoms with van der Waals surface area (Å²) in [6.07, 6.45) is 6.01. The van der Waals surface area contributed by atoms with Crippen LogP contribution in [-0.4, -0.2) is 101 Å². The van der Waals surface area contributed by atoms with Crippen molar-refractivity contribution in [2.45, 2.75) is 57.2 Å². The molecular formula is C47H56ClN7O9S2. The molecule has 0 saturated carbocycles. The van der Waals surface area contributed by atoms with E-state index in [4.69, 9.17) is 30.5 Å². The summed E-state index contributed by atoms with van der Waals surface area (Å²) in [5.74, 6) is 1.16. The van der Waals surface area contributed by atoms with Gasteiger partial charge in [-0.25, -0.2) is 22.9 Å². The molecule has 2 aliphatic rings. The number of ketones is 2. The van der Waals surface area contributed by atoms with E-state index < -0.39 is 27.6 Å². The second-order valence-electron chi connectivity index (χ2n) is 15.8. The number of sulfonamides is 1. The lowest BCUT2D eigenvalue weighted by Gasteiger charge is -2.36. The largest absolute Gasteiger partial charge is 0.496 e. The third-order valence-electron chi connectivity index (χ3n) is 10.2. The maximum atomic E-state index is 13.3. The van der Waals surface area contributed by atoms with Crippen molar-refractivity contribution in [2.24, 2.45) is 5.92 Å². The van der Waals surface area contributed by atoms with Crippen LogP contribution in [0.5, 0.6) is 17.2 Å². The molecule has 3 N–H and O–H groups in total. The van der Waals surface area contributed by atoms with E-state index in [2.05, 4.69) is 68.1 Å². The van der Waals surface area contributed by atoms with Gasteiger partial charge in [0, 0.05) is 72.8 Å². The Kier molecular flexibility index (Phi) is 17.5. The first-order valence-corrected chi connectivity index (χ1v) is 23.6. The van der Waals surface area contributed by atoms with Crippen molar-refractivity contribution in [3.63, 3.8) is 0 Å². The van der Waals surface area contributed by atoms with E-state index in [1.807, 2.05) is 54.2 Å². The third kappa shape index (κ3) is 12.4. The van der Waals surface area contributed by atoms with Crippen LogP contribution in [0.15, 0.2) is 107 Å². The second kappa shape index (κ2) is 22.8. The van der Waals surface area contributed by atoms with Gasteiger partial charge in [-0.3, -0.25) is 14.6 Å². The monoisotopic (exact) mass is 961 g/mol. The molecule has 0 unspecified atom stereocenters. The molecule has 16 nitrogen and oxygen atoms in total. The summed E-state index contributed by atoms with van der Waals surface area (Å²) in [6.45, 7) is 10.1. The number of nitrogens with one attached hydrogen (secondary N) is 3. The molecule has 0 saturated heterocycles. The van der Waals surface area contributed by atoms with Crippen LogP contribution in [0, 0.1) is 12.8 Å². The highest BCUT2D eigenvalue weighted by atomic mass is 35.5. The lowest BCUT2D eigenvalue weighted by atomic mass is 9.75. The van der Waals surface area contributed by atoms with Crippen LogP contribution in [0.2, 0.25) is 5.02 Å². The summed E-state index contributed by atoms with van der Waals surface area (Å²) in [5, 5.41) is 7.82. The highest BCUT2D eigenvalue weighted by molar-refractivity contribution is 7.90. The Morgan fingerprint density at radius 2 is 1.74 bits per heavy atom. The average Bonchev–Trinajstić information content (AvgIpc) is 3.91. The molecule has 5 aromatic rings. The molecule has 2 atom stereocenters. The highest BCUT2D eigenvalue weighted by Gasteiger charge is 2.60. The average molecular weight is 963 g/mol. The van der Waals surface area contributed by atoms with Crippen molar-refractivity contribution in [3.8, 4) is 17.2 Å². The lowest BCUT2D eigenvalue weighted by molar-refractivity contribution is -0.118. The molecule has 2 amide bonds. The zero-order valence-corrected chi connectivity index (χ0v) is 40.8. The molecule has 0 radical (unpaired) electrons. The number of ether oxygens (including phenoxy) is 4. The topological polar surface area (TPSA) is 191 Å². The first-order chi connectivity index (χ1) is 31.4. The quantitative estimate of drug-likeness (QED) is 0.0969. The van der Waals surface area contributed by atoms with Crippen LogP contribution in [0.4, 0.5) is 22.0 Å². The van der Waals surface area contributed by atoms with Gasteiger partial charge in [0.05, 0.1) is 33.6 Å². The fraction of sp³-hybridized carbons (Fsp3) is 0.340. The van der Waals surface area contributed by atoms with Gasteiger partial charge in [0.15, 0.2) is 17.3 Å². The maximum Gasteiger partial charge on any atom is 0.328 e. The van der Waals surface area contributed by atoms with Crippen LogP contribution in [0.1, 0.15) is 48.0 Å². The Balaban J connectivity index is 0.000000188. The van der Waals surface area contributed by atoms with Crippen LogP contribution >= 0.6 is 22.9 Å².